The van der Waals surface area contributed by atoms with Gasteiger partial charge in [-0.2, -0.15) is 0 Å². The molecule has 2 N–H and O–H groups in total. The second-order valence-electron chi connectivity index (χ2n) is 3.90. The monoisotopic (exact) mass is 314 g/mol. The molecule has 5 heteroatoms. The van der Waals surface area contributed by atoms with Crippen molar-refractivity contribution in [3.05, 3.63) is 28.2 Å². The average molecular weight is 315 g/mol. The van der Waals surface area contributed by atoms with Gasteiger partial charge >= 0.3 is 5.97 Å². The smallest absolute Gasteiger partial charge is 0.339 e. The molecular weight excluding hydrogens is 296 g/mol. The van der Waals surface area contributed by atoms with E-state index in [9.17, 15) is 4.79 Å². The van der Waals surface area contributed by atoms with Gasteiger partial charge in [0.2, 0.25) is 0 Å². The van der Waals surface area contributed by atoms with Crippen molar-refractivity contribution in [3.8, 4) is 0 Å². The van der Waals surface area contributed by atoms with Crippen LogP contribution in [0.4, 0.5) is 5.69 Å². The molecule has 0 heterocycles. The molecule has 1 rings (SSSR count). The highest BCUT2D eigenvalue weighted by Crippen LogP contribution is 2.20. The molecule has 18 heavy (non-hydrogen) atoms. The lowest BCUT2D eigenvalue weighted by atomic mass is 10.2. The summed E-state index contributed by atoms with van der Waals surface area (Å²) in [6, 6.07) is 5.05. The zero-order valence-electron chi connectivity index (χ0n) is 10.8. The summed E-state index contributed by atoms with van der Waals surface area (Å²) >= 11 is 3.30. The van der Waals surface area contributed by atoms with Crippen LogP contribution in [0.1, 0.15) is 24.2 Å². The average Bonchev–Trinajstić information content (AvgIpc) is 2.34. The second-order valence-corrected chi connectivity index (χ2v) is 4.76. The van der Waals surface area contributed by atoms with Crippen molar-refractivity contribution in [2.75, 3.05) is 32.0 Å². The Hall–Kier alpha value is -1.07. The summed E-state index contributed by atoms with van der Waals surface area (Å²) < 4.78 is 5.89. The first kappa shape index (κ1) is 15.0. The minimum atomic E-state index is -0.325. The molecule has 0 aliphatic rings. The van der Waals surface area contributed by atoms with Gasteiger partial charge in [0.05, 0.1) is 5.56 Å². The van der Waals surface area contributed by atoms with Crippen molar-refractivity contribution < 1.29 is 9.53 Å². The number of hydrogen-bond donors (Lipinski definition) is 1. The predicted molar refractivity (Wildman–Crippen MR) is 76.6 cm³/mol. The molecule has 0 aliphatic heterocycles. The van der Waals surface area contributed by atoms with Crippen molar-refractivity contribution in [3.63, 3.8) is 0 Å². The van der Waals surface area contributed by atoms with Gasteiger partial charge in [-0.05, 0) is 47.2 Å². The van der Waals surface area contributed by atoms with Crippen molar-refractivity contribution in [2.45, 2.75) is 13.8 Å². The number of hydrogen-bond acceptors (Lipinski definition) is 4. The van der Waals surface area contributed by atoms with Gasteiger partial charge in [-0.15, -0.1) is 0 Å². The van der Waals surface area contributed by atoms with Crippen LogP contribution in [0.3, 0.4) is 0 Å². The maximum absolute atomic E-state index is 11.8. The number of likely N-dealkylation sites (N-methyl/N-ethyl adjacent to an activating group) is 1. The summed E-state index contributed by atoms with van der Waals surface area (Å²) in [5.41, 5.74) is 6.73. The van der Waals surface area contributed by atoms with E-state index in [2.05, 4.69) is 34.7 Å². The van der Waals surface area contributed by atoms with Crippen molar-refractivity contribution in [1.29, 1.82) is 0 Å². The molecule has 0 saturated heterocycles. The fourth-order valence-corrected chi connectivity index (χ4v) is 2.14. The van der Waals surface area contributed by atoms with Gasteiger partial charge in [0.25, 0.3) is 0 Å². The Balaban J connectivity index is 2.50. The maximum Gasteiger partial charge on any atom is 0.339 e. The van der Waals surface area contributed by atoms with E-state index in [1.807, 2.05) is 0 Å². The molecule has 1 aromatic carbocycles. The minimum absolute atomic E-state index is 0.325. The van der Waals surface area contributed by atoms with E-state index >= 15 is 0 Å². The van der Waals surface area contributed by atoms with Crippen LogP contribution in [0.25, 0.3) is 0 Å². The number of benzene rings is 1. The van der Waals surface area contributed by atoms with Crippen LogP contribution in [-0.4, -0.2) is 37.1 Å². The molecule has 0 spiro atoms. The second kappa shape index (κ2) is 7.38. The third kappa shape index (κ3) is 4.31. The topological polar surface area (TPSA) is 55.6 Å². The Labute approximate surface area is 116 Å². The fraction of sp³-hybridized carbons (Fsp3) is 0.462. The first-order valence-electron chi connectivity index (χ1n) is 6.03. The Morgan fingerprint density at radius 3 is 2.61 bits per heavy atom. The molecule has 0 amide bonds. The normalized spacial score (nSPS) is 10.7. The number of carbonyl (C=O) groups is 1. The molecule has 0 aliphatic carbocycles. The third-order valence-corrected chi connectivity index (χ3v) is 3.40. The van der Waals surface area contributed by atoms with Gasteiger partial charge in [-0.25, -0.2) is 4.79 Å². The van der Waals surface area contributed by atoms with Crippen molar-refractivity contribution in [2.24, 2.45) is 0 Å². The lowest BCUT2D eigenvalue weighted by molar-refractivity contribution is 0.0465. The molecule has 0 aromatic heterocycles. The summed E-state index contributed by atoms with van der Waals surface area (Å²) in [6.45, 7) is 7.24. The van der Waals surface area contributed by atoms with Crippen LogP contribution in [0.15, 0.2) is 22.7 Å². The molecule has 1 aromatic rings. The van der Waals surface area contributed by atoms with Crippen LogP contribution in [-0.2, 0) is 4.74 Å². The summed E-state index contributed by atoms with van der Waals surface area (Å²) in [5, 5.41) is 0. The van der Waals surface area contributed by atoms with E-state index in [4.69, 9.17) is 10.5 Å². The van der Waals surface area contributed by atoms with E-state index < -0.39 is 0 Å². The molecule has 0 bridgehead atoms. The minimum Gasteiger partial charge on any atom is -0.461 e. The van der Waals surface area contributed by atoms with Gasteiger partial charge in [-0.3, -0.25) is 0 Å². The largest absolute Gasteiger partial charge is 0.461 e. The first-order valence-corrected chi connectivity index (χ1v) is 6.82. The number of nitrogen functional groups attached to an aromatic ring is 1. The Bertz CT molecular complexity index is 406. The molecule has 0 radical (unpaired) electrons. The SMILES string of the molecule is CCN(CC)CCOC(=O)c1ccc(N)cc1Br. The van der Waals surface area contributed by atoms with Crippen LogP contribution < -0.4 is 5.73 Å². The van der Waals surface area contributed by atoms with Crippen LogP contribution >= 0.6 is 15.9 Å². The highest BCUT2D eigenvalue weighted by atomic mass is 79.9. The van der Waals surface area contributed by atoms with Crippen molar-refractivity contribution in [1.82, 2.24) is 4.90 Å². The third-order valence-electron chi connectivity index (χ3n) is 2.75. The molecule has 100 valence electrons. The summed E-state index contributed by atoms with van der Waals surface area (Å²) in [4.78, 5) is 14.0. The summed E-state index contributed by atoms with van der Waals surface area (Å²) in [7, 11) is 0. The zero-order chi connectivity index (χ0) is 13.5. The number of nitrogens with zero attached hydrogens (tertiary/aromatic N) is 1. The lowest BCUT2D eigenvalue weighted by Gasteiger charge is -2.17. The predicted octanol–water partition coefficient (Wildman–Crippen LogP) is 2.53. The quantitative estimate of drug-likeness (QED) is 0.647. The number of carbonyl (C=O) groups excluding carboxylic acids is 1. The molecular formula is C13H19BrN2O2. The van der Waals surface area contributed by atoms with Crippen molar-refractivity contribution >= 4 is 27.6 Å². The van der Waals surface area contributed by atoms with Gasteiger partial charge in [0.1, 0.15) is 6.61 Å². The van der Waals surface area contributed by atoms with E-state index in [1.165, 1.54) is 0 Å². The zero-order valence-corrected chi connectivity index (χ0v) is 12.4. The van der Waals surface area contributed by atoms with Gasteiger partial charge in [0.15, 0.2) is 0 Å². The van der Waals surface area contributed by atoms with Crippen LogP contribution in [0, 0.1) is 0 Å². The first-order chi connectivity index (χ1) is 8.58. The van der Waals surface area contributed by atoms with Crippen LogP contribution in [0.2, 0.25) is 0 Å². The number of esters is 1. The van der Waals surface area contributed by atoms with E-state index in [1.54, 1.807) is 18.2 Å². The number of ether oxygens (including phenoxy) is 1. The number of halogens is 1. The molecule has 0 saturated carbocycles. The Kier molecular flexibility index (Phi) is 6.15. The molecule has 0 atom stereocenters. The van der Waals surface area contributed by atoms with Gasteiger partial charge in [-0.1, -0.05) is 13.8 Å². The summed E-state index contributed by atoms with van der Waals surface area (Å²) in [5.74, 6) is -0.325. The highest BCUT2D eigenvalue weighted by molar-refractivity contribution is 9.10. The summed E-state index contributed by atoms with van der Waals surface area (Å²) in [6.07, 6.45) is 0. The number of rotatable bonds is 6. The Morgan fingerprint density at radius 2 is 2.06 bits per heavy atom. The van der Waals surface area contributed by atoms with E-state index in [-0.39, 0.29) is 5.97 Å². The van der Waals surface area contributed by atoms with E-state index in [0.717, 1.165) is 19.6 Å². The Morgan fingerprint density at radius 1 is 1.39 bits per heavy atom. The molecule has 0 unspecified atom stereocenters. The maximum atomic E-state index is 11.8. The number of anilines is 1. The van der Waals surface area contributed by atoms with Crippen LogP contribution in [0.5, 0.6) is 0 Å². The van der Waals surface area contributed by atoms with Gasteiger partial charge in [0, 0.05) is 16.7 Å². The number of nitrogens with two attached hydrogens (primary N) is 1. The van der Waals surface area contributed by atoms with E-state index in [0.29, 0.717) is 22.3 Å². The lowest BCUT2D eigenvalue weighted by Crippen LogP contribution is -2.27. The highest BCUT2D eigenvalue weighted by Gasteiger charge is 2.11. The van der Waals surface area contributed by atoms with Gasteiger partial charge < -0.3 is 15.4 Å². The molecule has 0 fully saturated rings. The fourth-order valence-electron chi connectivity index (χ4n) is 1.58. The standard InChI is InChI=1S/C13H19BrN2O2/c1-3-16(4-2)7-8-18-13(17)11-6-5-10(15)9-12(11)14/h5-6,9H,3-4,7-8,15H2,1-2H3. The molecule has 4 nitrogen and oxygen atoms in total.